The maximum atomic E-state index is 14.0. The fraction of sp³-hybridized carbons (Fsp3) is 0.250. The van der Waals surface area contributed by atoms with Gasteiger partial charge in [0, 0.05) is 11.6 Å². The van der Waals surface area contributed by atoms with Crippen LogP contribution in [0.25, 0.3) is 11.5 Å². The molecule has 2 aromatic carbocycles. The van der Waals surface area contributed by atoms with Crippen LogP contribution < -0.4 is 18.9 Å². The third-order valence-corrected chi connectivity index (χ3v) is 4.10. The van der Waals surface area contributed by atoms with Gasteiger partial charge in [0.25, 0.3) is 5.89 Å². The molecule has 0 aliphatic heterocycles. The van der Waals surface area contributed by atoms with Crippen molar-refractivity contribution in [2.75, 3.05) is 28.4 Å². The Bertz CT molecular complexity index is 1030. The molecule has 3 rings (SSSR count). The highest BCUT2D eigenvalue weighted by Gasteiger charge is 2.19. The summed E-state index contributed by atoms with van der Waals surface area (Å²) in [6.07, 6.45) is 0. The molecule has 158 valence electrons. The highest BCUT2D eigenvalue weighted by molar-refractivity contribution is 5.89. The molecule has 0 atom stereocenters. The van der Waals surface area contributed by atoms with Gasteiger partial charge in [-0.3, -0.25) is 0 Å². The molecule has 30 heavy (non-hydrogen) atoms. The SMILES string of the molecule is COc1ccc(C(=O)OCc2nnc(-c3cc(OC)c(OC)c(OC)c3)o2)c(F)c1. The molecule has 0 aliphatic rings. The standard InChI is InChI=1S/C20H19FN2O7/c1-25-12-5-6-13(14(21)9-12)20(24)29-10-17-22-23-19(30-17)11-7-15(26-2)18(28-4)16(8-11)27-3/h5-9H,10H2,1-4H3. The zero-order chi connectivity index (χ0) is 21.7. The number of rotatable bonds is 8. The zero-order valence-corrected chi connectivity index (χ0v) is 16.7. The van der Waals surface area contributed by atoms with Gasteiger partial charge in [0.1, 0.15) is 11.6 Å². The van der Waals surface area contributed by atoms with Crippen molar-refractivity contribution < 1.29 is 37.3 Å². The van der Waals surface area contributed by atoms with Crippen molar-refractivity contribution in [3.8, 4) is 34.5 Å². The normalized spacial score (nSPS) is 10.4. The predicted molar refractivity (Wildman–Crippen MR) is 101 cm³/mol. The van der Waals surface area contributed by atoms with Crippen LogP contribution in [-0.2, 0) is 11.3 Å². The molecule has 0 saturated heterocycles. The molecule has 0 bridgehead atoms. The molecule has 0 unspecified atom stereocenters. The number of benzene rings is 2. The van der Waals surface area contributed by atoms with Crippen LogP contribution in [0.2, 0.25) is 0 Å². The van der Waals surface area contributed by atoms with Crippen molar-refractivity contribution in [3.05, 3.63) is 47.6 Å². The lowest BCUT2D eigenvalue weighted by Gasteiger charge is -2.12. The van der Waals surface area contributed by atoms with E-state index in [1.807, 2.05) is 0 Å². The molecular weight excluding hydrogens is 399 g/mol. The first-order valence-corrected chi connectivity index (χ1v) is 8.64. The molecule has 1 aromatic heterocycles. The minimum Gasteiger partial charge on any atom is -0.497 e. The van der Waals surface area contributed by atoms with E-state index in [0.717, 1.165) is 6.07 Å². The number of aromatic nitrogens is 2. The summed E-state index contributed by atoms with van der Waals surface area (Å²) in [5, 5.41) is 7.77. The van der Waals surface area contributed by atoms with Crippen LogP contribution in [0, 0.1) is 5.82 Å². The molecule has 3 aromatic rings. The Morgan fingerprint density at radius 1 is 0.967 bits per heavy atom. The van der Waals surface area contributed by atoms with Crippen LogP contribution in [0.15, 0.2) is 34.7 Å². The Kier molecular flexibility index (Phi) is 6.35. The third kappa shape index (κ3) is 4.27. The molecule has 1 heterocycles. The Hall–Kier alpha value is -3.82. The zero-order valence-electron chi connectivity index (χ0n) is 16.7. The second-order valence-electron chi connectivity index (χ2n) is 5.84. The second kappa shape index (κ2) is 9.12. The first kappa shape index (κ1) is 20.9. The van der Waals surface area contributed by atoms with Gasteiger partial charge in [-0.1, -0.05) is 0 Å². The smallest absolute Gasteiger partial charge is 0.341 e. The summed E-state index contributed by atoms with van der Waals surface area (Å²) in [6, 6.07) is 7.08. The number of halogens is 1. The third-order valence-electron chi connectivity index (χ3n) is 4.10. The van der Waals surface area contributed by atoms with Gasteiger partial charge in [-0.05, 0) is 24.3 Å². The summed E-state index contributed by atoms with van der Waals surface area (Å²) < 4.78 is 45.3. The summed E-state index contributed by atoms with van der Waals surface area (Å²) in [5.74, 6) is 0.0681. The first-order chi connectivity index (χ1) is 14.5. The minimum absolute atomic E-state index is 0.0287. The van der Waals surface area contributed by atoms with Gasteiger partial charge in [-0.25, -0.2) is 9.18 Å². The van der Waals surface area contributed by atoms with E-state index in [-0.39, 0.29) is 29.7 Å². The van der Waals surface area contributed by atoms with Crippen LogP contribution in [-0.4, -0.2) is 44.6 Å². The van der Waals surface area contributed by atoms with Crippen molar-refractivity contribution in [3.63, 3.8) is 0 Å². The summed E-state index contributed by atoms with van der Waals surface area (Å²) in [4.78, 5) is 12.1. The number of hydrogen-bond acceptors (Lipinski definition) is 9. The quantitative estimate of drug-likeness (QED) is 0.510. The van der Waals surface area contributed by atoms with E-state index < -0.39 is 11.8 Å². The maximum absolute atomic E-state index is 14.0. The molecule has 0 aliphatic carbocycles. The molecule has 0 radical (unpaired) electrons. The van der Waals surface area contributed by atoms with Crippen LogP contribution in [0.1, 0.15) is 16.2 Å². The number of hydrogen-bond donors (Lipinski definition) is 0. The monoisotopic (exact) mass is 418 g/mol. The second-order valence-corrected chi connectivity index (χ2v) is 5.84. The van der Waals surface area contributed by atoms with Gasteiger partial charge in [-0.15, -0.1) is 10.2 Å². The molecule has 0 N–H and O–H groups in total. The van der Waals surface area contributed by atoms with Crippen molar-refractivity contribution in [2.45, 2.75) is 6.61 Å². The highest BCUT2D eigenvalue weighted by atomic mass is 19.1. The van der Waals surface area contributed by atoms with Crippen LogP contribution in [0.3, 0.4) is 0 Å². The minimum atomic E-state index is -0.873. The van der Waals surface area contributed by atoms with Crippen LogP contribution in [0.4, 0.5) is 4.39 Å². The maximum Gasteiger partial charge on any atom is 0.341 e. The van der Waals surface area contributed by atoms with Gasteiger partial charge >= 0.3 is 5.97 Å². The Morgan fingerprint density at radius 3 is 2.23 bits per heavy atom. The lowest BCUT2D eigenvalue weighted by molar-refractivity contribution is 0.0433. The number of methoxy groups -OCH3 is 4. The van der Waals surface area contributed by atoms with Gasteiger partial charge in [0.05, 0.1) is 34.0 Å². The molecule has 0 fully saturated rings. The first-order valence-electron chi connectivity index (χ1n) is 8.64. The van der Waals surface area contributed by atoms with Crippen molar-refractivity contribution >= 4 is 5.97 Å². The topological polar surface area (TPSA) is 102 Å². The summed E-state index contributed by atoms with van der Waals surface area (Å²) in [5.41, 5.74) is 0.274. The largest absolute Gasteiger partial charge is 0.497 e. The van der Waals surface area contributed by atoms with Crippen molar-refractivity contribution in [2.24, 2.45) is 0 Å². The number of ether oxygens (including phenoxy) is 5. The number of carbonyl (C=O) groups is 1. The van der Waals surface area contributed by atoms with Gasteiger partial charge in [-0.2, -0.15) is 0 Å². The number of nitrogens with zero attached hydrogens (tertiary/aromatic N) is 2. The van der Waals surface area contributed by atoms with Gasteiger partial charge in [0.15, 0.2) is 18.1 Å². The molecule has 0 saturated carbocycles. The van der Waals surface area contributed by atoms with E-state index >= 15 is 0 Å². The number of carbonyl (C=O) groups excluding carboxylic acids is 1. The van der Waals surface area contributed by atoms with Gasteiger partial charge in [0.2, 0.25) is 11.6 Å². The lowest BCUT2D eigenvalue weighted by atomic mass is 10.2. The van der Waals surface area contributed by atoms with Crippen molar-refractivity contribution in [1.82, 2.24) is 10.2 Å². The number of esters is 1. The van der Waals surface area contributed by atoms with E-state index in [0.29, 0.717) is 22.8 Å². The van der Waals surface area contributed by atoms with E-state index in [9.17, 15) is 9.18 Å². The van der Waals surface area contributed by atoms with Crippen LogP contribution in [0.5, 0.6) is 23.0 Å². The van der Waals surface area contributed by atoms with Crippen LogP contribution >= 0.6 is 0 Å². The van der Waals surface area contributed by atoms with E-state index in [4.69, 9.17) is 28.1 Å². The Balaban J connectivity index is 1.75. The van der Waals surface area contributed by atoms with E-state index in [1.54, 1.807) is 12.1 Å². The van der Waals surface area contributed by atoms with E-state index in [2.05, 4.69) is 10.2 Å². The average molecular weight is 418 g/mol. The highest BCUT2D eigenvalue weighted by Crippen LogP contribution is 2.40. The Labute approximate surface area is 171 Å². The molecule has 0 spiro atoms. The molecule has 9 nitrogen and oxygen atoms in total. The molecule has 0 amide bonds. The average Bonchev–Trinajstić information content (AvgIpc) is 3.25. The lowest BCUT2D eigenvalue weighted by Crippen LogP contribution is -2.08. The molecule has 10 heteroatoms. The molecular formula is C20H19FN2O7. The van der Waals surface area contributed by atoms with E-state index in [1.165, 1.54) is 40.6 Å². The predicted octanol–water partition coefficient (Wildman–Crippen LogP) is 3.27. The fourth-order valence-corrected chi connectivity index (χ4v) is 2.63. The van der Waals surface area contributed by atoms with Gasteiger partial charge < -0.3 is 28.1 Å². The fourth-order valence-electron chi connectivity index (χ4n) is 2.63. The summed E-state index contributed by atoms with van der Waals surface area (Å²) >= 11 is 0. The Morgan fingerprint density at radius 2 is 1.67 bits per heavy atom. The summed E-state index contributed by atoms with van der Waals surface area (Å²) in [6.45, 7) is -0.332. The summed E-state index contributed by atoms with van der Waals surface area (Å²) in [7, 11) is 5.86. The van der Waals surface area contributed by atoms with Crippen molar-refractivity contribution in [1.29, 1.82) is 0 Å².